The molecule has 1 aromatic rings. The lowest BCUT2D eigenvalue weighted by atomic mass is 10.1. The van der Waals surface area contributed by atoms with E-state index in [1.807, 2.05) is 0 Å². The summed E-state index contributed by atoms with van der Waals surface area (Å²) in [5.41, 5.74) is -5.12. The van der Waals surface area contributed by atoms with Gasteiger partial charge in [0.2, 0.25) is 5.56 Å². The Morgan fingerprint density at radius 1 is 1.10 bits per heavy atom. The van der Waals surface area contributed by atoms with E-state index in [-0.39, 0.29) is 6.07 Å². The highest BCUT2D eigenvalue weighted by Crippen LogP contribution is 2.43. The molecule has 0 saturated carbocycles. The zero-order chi connectivity index (χ0) is 15.6. The van der Waals surface area contributed by atoms with Gasteiger partial charge < -0.3 is 9.84 Å². The summed E-state index contributed by atoms with van der Waals surface area (Å²) in [7, 11) is 0.800. The Morgan fingerprint density at radius 2 is 1.60 bits per heavy atom. The maximum Gasteiger partial charge on any atom is 0.352 e. The monoisotopic (exact) mass is 287 g/mol. The van der Waals surface area contributed by atoms with Crippen molar-refractivity contribution in [1.82, 2.24) is 0 Å². The van der Waals surface area contributed by atoms with Crippen LogP contribution in [0.4, 0.5) is 17.1 Å². The lowest BCUT2D eigenvalue weighted by Gasteiger charge is -2.04. The third-order valence-corrected chi connectivity index (χ3v) is 2.20. The molecule has 0 aromatic heterocycles. The minimum atomic E-state index is -1.48. The number of esters is 1. The van der Waals surface area contributed by atoms with E-state index in [9.17, 15) is 40.2 Å². The molecule has 0 unspecified atom stereocenters. The topological polar surface area (TPSA) is 176 Å². The van der Waals surface area contributed by atoms with Crippen molar-refractivity contribution in [1.29, 1.82) is 0 Å². The number of phenols is 1. The SMILES string of the molecule is COC(=O)c1c([N+](=O)[O-])cc([N+](=O)[O-])c(O)c1[N+](=O)[O-]. The number of rotatable bonds is 4. The molecule has 0 aliphatic rings. The Labute approximate surface area is 108 Å². The van der Waals surface area contributed by atoms with Gasteiger partial charge in [0, 0.05) is 0 Å². The molecule has 0 fully saturated rings. The number of aromatic hydroxyl groups is 1. The van der Waals surface area contributed by atoms with Gasteiger partial charge in [0.05, 0.1) is 27.9 Å². The number of nitro benzene ring substituents is 3. The van der Waals surface area contributed by atoms with Gasteiger partial charge in [0.25, 0.3) is 11.4 Å². The first kappa shape index (κ1) is 14.7. The van der Waals surface area contributed by atoms with Gasteiger partial charge in [-0.25, -0.2) is 4.79 Å². The van der Waals surface area contributed by atoms with Crippen LogP contribution in [-0.2, 0) is 4.74 Å². The summed E-state index contributed by atoms with van der Waals surface area (Å²) < 4.78 is 4.14. The van der Waals surface area contributed by atoms with E-state index in [0.717, 1.165) is 7.11 Å². The number of nitro groups is 3. The molecule has 0 atom stereocenters. The van der Waals surface area contributed by atoms with Crippen molar-refractivity contribution in [3.8, 4) is 5.75 Å². The van der Waals surface area contributed by atoms with Crippen LogP contribution in [0.5, 0.6) is 5.75 Å². The highest BCUT2D eigenvalue weighted by molar-refractivity contribution is 6.00. The van der Waals surface area contributed by atoms with Gasteiger partial charge in [-0.05, 0) is 0 Å². The Hall–Kier alpha value is -3.31. The summed E-state index contributed by atoms with van der Waals surface area (Å²) >= 11 is 0. The summed E-state index contributed by atoms with van der Waals surface area (Å²) in [4.78, 5) is 39.7. The van der Waals surface area contributed by atoms with E-state index in [2.05, 4.69) is 4.74 Å². The zero-order valence-corrected chi connectivity index (χ0v) is 9.63. The zero-order valence-electron chi connectivity index (χ0n) is 9.63. The van der Waals surface area contributed by atoms with Crippen LogP contribution in [0.3, 0.4) is 0 Å². The molecule has 12 heteroatoms. The predicted molar refractivity (Wildman–Crippen MR) is 59.4 cm³/mol. The molecular weight excluding hydrogens is 282 g/mol. The maximum absolute atomic E-state index is 11.4. The van der Waals surface area contributed by atoms with Gasteiger partial charge in [0.1, 0.15) is 0 Å². The molecule has 0 bridgehead atoms. The molecule has 0 spiro atoms. The molecule has 0 saturated heterocycles. The van der Waals surface area contributed by atoms with Crippen LogP contribution in [0.25, 0.3) is 0 Å². The molecule has 1 N–H and O–H groups in total. The van der Waals surface area contributed by atoms with Crippen molar-refractivity contribution in [3.05, 3.63) is 42.0 Å². The van der Waals surface area contributed by atoms with E-state index in [1.165, 1.54) is 0 Å². The molecular formula is C8H5N3O9. The number of hydrogen-bond donors (Lipinski definition) is 1. The molecule has 0 aliphatic heterocycles. The first-order valence-electron chi connectivity index (χ1n) is 4.63. The molecule has 0 radical (unpaired) electrons. The first-order chi connectivity index (χ1) is 9.22. The molecule has 0 heterocycles. The summed E-state index contributed by atoms with van der Waals surface area (Å²) in [5.74, 6) is -2.94. The smallest absolute Gasteiger partial charge is 0.352 e. The fraction of sp³-hybridized carbons (Fsp3) is 0.125. The Morgan fingerprint density at radius 3 is 1.95 bits per heavy atom. The number of hydrogen-bond acceptors (Lipinski definition) is 9. The summed E-state index contributed by atoms with van der Waals surface area (Å²) in [6.45, 7) is 0. The molecule has 20 heavy (non-hydrogen) atoms. The Bertz CT molecular complexity index is 639. The lowest BCUT2D eigenvalue weighted by Crippen LogP contribution is -2.10. The maximum atomic E-state index is 11.4. The van der Waals surface area contributed by atoms with E-state index >= 15 is 0 Å². The average molecular weight is 287 g/mol. The van der Waals surface area contributed by atoms with Crippen molar-refractivity contribution < 1.29 is 29.4 Å². The second-order valence-corrected chi connectivity index (χ2v) is 3.25. The molecule has 0 amide bonds. The second kappa shape index (κ2) is 5.13. The summed E-state index contributed by atoms with van der Waals surface area (Å²) in [6, 6.07) is 0.245. The number of carbonyl (C=O) groups is 1. The van der Waals surface area contributed by atoms with Gasteiger partial charge in [0.15, 0.2) is 0 Å². The quantitative estimate of drug-likeness (QED) is 0.478. The molecule has 1 rings (SSSR count). The fourth-order valence-corrected chi connectivity index (χ4v) is 1.40. The van der Waals surface area contributed by atoms with Gasteiger partial charge in [-0.2, -0.15) is 0 Å². The van der Waals surface area contributed by atoms with Crippen LogP contribution >= 0.6 is 0 Å². The summed E-state index contributed by atoms with van der Waals surface area (Å²) in [5, 5.41) is 41.6. The molecule has 12 nitrogen and oxygen atoms in total. The van der Waals surface area contributed by atoms with Gasteiger partial charge in [-0.3, -0.25) is 30.3 Å². The molecule has 0 aliphatic carbocycles. The Balaban J connectivity index is 3.93. The van der Waals surface area contributed by atoms with Crippen LogP contribution in [0.2, 0.25) is 0 Å². The van der Waals surface area contributed by atoms with Crippen LogP contribution < -0.4 is 0 Å². The van der Waals surface area contributed by atoms with Crippen LogP contribution in [-0.4, -0.2) is 33.0 Å². The van der Waals surface area contributed by atoms with E-state index in [0.29, 0.717) is 0 Å². The van der Waals surface area contributed by atoms with Crippen molar-refractivity contribution in [2.24, 2.45) is 0 Å². The molecule has 106 valence electrons. The van der Waals surface area contributed by atoms with E-state index < -0.39 is 49.1 Å². The van der Waals surface area contributed by atoms with Gasteiger partial charge in [-0.1, -0.05) is 0 Å². The number of methoxy groups -OCH3 is 1. The van der Waals surface area contributed by atoms with Gasteiger partial charge in [-0.15, -0.1) is 0 Å². The fourth-order valence-electron chi connectivity index (χ4n) is 1.40. The number of ether oxygens (including phenoxy) is 1. The number of carbonyl (C=O) groups excluding carboxylic acids is 1. The van der Waals surface area contributed by atoms with Crippen LogP contribution in [0.1, 0.15) is 10.4 Å². The van der Waals surface area contributed by atoms with E-state index in [1.54, 1.807) is 0 Å². The predicted octanol–water partition coefficient (Wildman–Crippen LogP) is 0.903. The lowest BCUT2D eigenvalue weighted by molar-refractivity contribution is -0.404. The number of benzene rings is 1. The van der Waals surface area contributed by atoms with Crippen LogP contribution in [0.15, 0.2) is 6.07 Å². The van der Waals surface area contributed by atoms with Crippen molar-refractivity contribution in [2.45, 2.75) is 0 Å². The van der Waals surface area contributed by atoms with Gasteiger partial charge >= 0.3 is 17.3 Å². The average Bonchev–Trinajstić information content (AvgIpc) is 2.35. The molecule has 1 aromatic carbocycles. The highest BCUT2D eigenvalue weighted by Gasteiger charge is 2.40. The van der Waals surface area contributed by atoms with Crippen LogP contribution in [0, 0.1) is 30.3 Å². The standard InChI is InChI=1S/C8H5N3O9/c1-20-8(13)5-3(9(14)15)2-4(10(16)17)7(12)6(5)11(18)19/h2,12H,1H3. The number of phenolic OH excluding ortho intramolecular Hbond substituents is 1. The first-order valence-corrected chi connectivity index (χ1v) is 4.63. The third-order valence-electron chi connectivity index (χ3n) is 2.20. The highest BCUT2D eigenvalue weighted by atomic mass is 16.6. The minimum Gasteiger partial charge on any atom is -0.497 e. The van der Waals surface area contributed by atoms with Crippen molar-refractivity contribution in [3.63, 3.8) is 0 Å². The third kappa shape index (κ3) is 2.29. The number of nitrogens with zero attached hydrogens (tertiary/aromatic N) is 3. The second-order valence-electron chi connectivity index (χ2n) is 3.25. The minimum absolute atomic E-state index is 0.245. The Kier molecular flexibility index (Phi) is 3.78. The largest absolute Gasteiger partial charge is 0.497 e. The normalized spacial score (nSPS) is 9.85. The van der Waals surface area contributed by atoms with E-state index in [4.69, 9.17) is 0 Å². The summed E-state index contributed by atoms with van der Waals surface area (Å²) in [6.07, 6.45) is 0. The van der Waals surface area contributed by atoms with Crippen molar-refractivity contribution in [2.75, 3.05) is 7.11 Å². The van der Waals surface area contributed by atoms with Crippen molar-refractivity contribution >= 4 is 23.0 Å².